The summed E-state index contributed by atoms with van der Waals surface area (Å²) in [7, 11) is -1.81. The van der Waals surface area contributed by atoms with E-state index in [2.05, 4.69) is 11.3 Å². The van der Waals surface area contributed by atoms with Gasteiger partial charge in [-0.15, -0.1) is 6.58 Å². The number of nitrogens with one attached hydrogen (secondary N) is 1. The first-order chi connectivity index (χ1) is 13.4. The van der Waals surface area contributed by atoms with Crippen molar-refractivity contribution in [1.82, 2.24) is 4.90 Å². The van der Waals surface area contributed by atoms with Crippen LogP contribution in [0.25, 0.3) is 0 Å². The molecule has 0 saturated heterocycles. The Morgan fingerprint density at radius 1 is 1.21 bits per heavy atom. The van der Waals surface area contributed by atoms with Crippen molar-refractivity contribution in [2.24, 2.45) is 0 Å². The summed E-state index contributed by atoms with van der Waals surface area (Å²) in [5, 5.41) is 0. The molecule has 0 bridgehead atoms. The number of nitrogens with zero attached hydrogens (tertiary/aromatic N) is 1. The number of anilines is 1. The molecule has 150 valence electrons. The number of carbonyl (C=O) groups is 1. The summed E-state index contributed by atoms with van der Waals surface area (Å²) < 4.78 is 31.6. The van der Waals surface area contributed by atoms with Gasteiger partial charge in [0.25, 0.3) is 5.91 Å². The molecular formula is C21H26N2O4S. The second kappa shape index (κ2) is 9.94. The molecule has 0 fully saturated rings. The van der Waals surface area contributed by atoms with Crippen LogP contribution in [0.5, 0.6) is 5.75 Å². The van der Waals surface area contributed by atoms with Crippen LogP contribution in [-0.4, -0.2) is 38.6 Å². The number of carbonyl (C=O) groups excluding carboxylic acids is 1. The van der Waals surface area contributed by atoms with E-state index in [1.807, 2.05) is 24.3 Å². The lowest BCUT2D eigenvalue weighted by atomic mass is 10.1. The lowest BCUT2D eigenvalue weighted by molar-refractivity contribution is 0.0762. The SMILES string of the molecule is C=CCN(Cc1ccc(OC)cc1)C(=O)c1cccc(NS(=O)(=O)CCC)c1. The van der Waals surface area contributed by atoms with E-state index in [0.717, 1.165) is 11.3 Å². The van der Waals surface area contributed by atoms with Crippen LogP contribution in [0.4, 0.5) is 5.69 Å². The van der Waals surface area contributed by atoms with Crippen molar-refractivity contribution in [3.05, 3.63) is 72.3 Å². The maximum absolute atomic E-state index is 13.0. The highest BCUT2D eigenvalue weighted by atomic mass is 32.2. The van der Waals surface area contributed by atoms with Gasteiger partial charge in [0.15, 0.2) is 0 Å². The number of hydrogen-bond donors (Lipinski definition) is 1. The summed E-state index contributed by atoms with van der Waals surface area (Å²) in [6.45, 7) is 6.30. The van der Waals surface area contributed by atoms with Gasteiger partial charge < -0.3 is 9.64 Å². The first-order valence-electron chi connectivity index (χ1n) is 9.02. The Labute approximate surface area is 166 Å². The molecule has 1 N–H and O–H groups in total. The van der Waals surface area contributed by atoms with Gasteiger partial charge in [0.2, 0.25) is 10.0 Å². The molecule has 0 spiro atoms. The normalized spacial score (nSPS) is 10.9. The van der Waals surface area contributed by atoms with Crippen LogP contribution in [0.15, 0.2) is 61.2 Å². The zero-order valence-corrected chi connectivity index (χ0v) is 17.0. The molecule has 28 heavy (non-hydrogen) atoms. The number of amides is 1. The molecule has 2 aromatic rings. The fraction of sp³-hybridized carbons (Fsp3) is 0.286. The maximum Gasteiger partial charge on any atom is 0.254 e. The van der Waals surface area contributed by atoms with E-state index >= 15 is 0 Å². The molecule has 6 nitrogen and oxygen atoms in total. The highest BCUT2D eigenvalue weighted by Gasteiger charge is 2.17. The Morgan fingerprint density at radius 3 is 2.54 bits per heavy atom. The van der Waals surface area contributed by atoms with Gasteiger partial charge in [0.1, 0.15) is 5.75 Å². The molecule has 0 unspecified atom stereocenters. The number of methoxy groups -OCH3 is 1. The van der Waals surface area contributed by atoms with Crippen LogP contribution in [0.2, 0.25) is 0 Å². The van der Waals surface area contributed by atoms with E-state index in [9.17, 15) is 13.2 Å². The first-order valence-corrected chi connectivity index (χ1v) is 10.7. The van der Waals surface area contributed by atoms with Crippen molar-refractivity contribution in [3.8, 4) is 5.75 Å². The number of benzene rings is 2. The van der Waals surface area contributed by atoms with E-state index in [0.29, 0.717) is 30.8 Å². The van der Waals surface area contributed by atoms with Crippen molar-refractivity contribution in [1.29, 1.82) is 0 Å². The minimum Gasteiger partial charge on any atom is -0.497 e. The number of rotatable bonds is 10. The van der Waals surface area contributed by atoms with Crippen LogP contribution in [-0.2, 0) is 16.6 Å². The quantitative estimate of drug-likeness (QED) is 0.615. The van der Waals surface area contributed by atoms with Gasteiger partial charge >= 0.3 is 0 Å². The number of hydrogen-bond acceptors (Lipinski definition) is 4. The van der Waals surface area contributed by atoms with Crippen LogP contribution >= 0.6 is 0 Å². The fourth-order valence-corrected chi connectivity index (χ4v) is 3.85. The fourth-order valence-electron chi connectivity index (χ4n) is 2.72. The minimum atomic E-state index is -3.42. The van der Waals surface area contributed by atoms with Crippen molar-refractivity contribution in [2.45, 2.75) is 19.9 Å². The molecule has 0 atom stereocenters. The van der Waals surface area contributed by atoms with Gasteiger partial charge in [-0.25, -0.2) is 8.42 Å². The van der Waals surface area contributed by atoms with Crippen LogP contribution in [0, 0.1) is 0 Å². The van der Waals surface area contributed by atoms with Crippen LogP contribution in [0.3, 0.4) is 0 Å². The molecule has 0 heterocycles. The molecule has 0 aliphatic heterocycles. The van der Waals surface area contributed by atoms with Crippen molar-refractivity contribution in [2.75, 3.05) is 24.1 Å². The second-order valence-electron chi connectivity index (χ2n) is 6.32. The lowest BCUT2D eigenvalue weighted by Gasteiger charge is -2.22. The van der Waals surface area contributed by atoms with Gasteiger partial charge in [-0.05, 0) is 42.3 Å². The summed E-state index contributed by atoms with van der Waals surface area (Å²) in [4.78, 5) is 14.6. The predicted octanol–water partition coefficient (Wildman–Crippen LogP) is 3.68. The van der Waals surface area contributed by atoms with Crippen LogP contribution in [0.1, 0.15) is 29.3 Å². The Morgan fingerprint density at radius 2 is 1.93 bits per heavy atom. The highest BCUT2D eigenvalue weighted by Crippen LogP contribution is 2.18. The van der Waals surface area contributed by atoms with E-state index in [4.69, 9.17) is 4.74 Å². The molecule has 2 aromatic carbocycles. The van der Waals surface area contributed by atoms with E-state index in [-0.39, 0.29) is 11.7 Å². The zero-order chi connectivity index (χ0) is 20.6. The van der Waals surface area contributed by atoms with Gasteiger partial charge in [-0.1, -0.05) is 31.2 Å². The molecular weight excluding hydrogens is 376 g/mol. The van der Waals surface area contributed by atoms with Crippen molar-refractivity contribution in [3.63, 3.8) is 0 Å². The van der Waals surface area contributed by atoms with Gasteiger partial charge in [-0.2, -0.15) is 0 Å². The topological polar surface area (TPSA) is 75.7 Å². The average Bonchev–Trinajstić information content (AvgIpc) is 2.67. The average molecular weight is 403 g/mol. The molecule has 0 aromatic heterocycles. The van der Waals surface area contributed by atoms with Gasteiger partial charge in [0, 0.05) is 24.3 Å². The smallest absolute Gasteiger partial charge is 0.254 e. The number of sulfonamides is 1. The minimum absolute atomic E-state index is 0.0330. The second-order valence-corrected chi connectivity index (χ2v) is 8.17. The Bertz CT molecular complexity index is 908. The maximum atomic E-state index is 13.0. The summed E-state index contributed by atoms with van der Waals surface area (Å²) in [6.07, 6.45) is 2.18. The standard InChI is InChI=1S/C21H26N2O4S/c1-4-13-23(16-17-9-11-20(27-3)12-10-17)21(24)18-7-6-8-19(15-18)22-28(25,26)14-5-2/h4,6-12,15,22H,1,5,13-14,16H2,2-3H3. The molecule has 0 saturated carbocycles. The monoisotopic (exact) mass is 402 g/mol. The molecule has 1 amide bonds. The first kappa shape index (κ1) is 21.5. The van der Waals surface area contributed by atoms with Crippen molar-refractivity contribution < 1.29 is 17.9 Å². The Balaban J connectivity index is 2.19. The Hall–Kier alpha value is -2.80. The molecule has 7 heteroatoms. The Kier molecular flexibility index (Phi) is 7.63. The van der Waals surface area contributed by atoms with E-state index < -0.39 is 10.0 Å². The lowest BCUT2D eigenvalue weighted by Crippen LogP contribution is -2.30. The third kappa shape index (κ3) is 6.13. The van der Waals surface area contributed by atoms with Gasteiger partial charge in [0.05, 0.1) is 12.9 Å². The third-order valence-electron chi connectivity index (χ3n) is 4.02. The van der Waals surface area contributed by atoms with Crippen molar-refractivity contribution >= 4 is 21.6 Å². The third-order valence-corrected chi connectivity index (χ3v) is 5.52. The predicted molar refractivity (Wildman–Crippen MR) is 112 cm³/mol. The van der Waals surface area contributed by atoms with Gasteiger partial charge in [-0.3, -0.25) is 9.52 Å². The highest BCUT2D eigenvalue weighted by molar-refractivity contribution is 7.92. The molecule has 0 aliphatic rings. The summed E-state index contributed by atoms with van der Waals surface area (Å²) in [5.41, 5.74) is 1.74. The van der Waals surface area contributed by atoms with E-state index in [1.54, 1.807) is 49.3 Å². The summed E-state index contributed by atoms with van der Waals surface area (Å²) in [5.74, 6) is 0.579. The van der Waals surface area contributed by atoms with E-state index in [1.165, 1.54) is 0 Å². The molecule has 2 rings (SSSR count). The number of ether oxygens (including phenoxy) is 1. The summed E-state index contributed by atoms with van der Waals surface area (Å²) >= 11 is 0. The molecule has 0 aliphatic carbocycles. The molecule has 0 radical (unpaired) electrons. The zero-order valence-electron chi connectivity index (χ0n) is 16.2. The van der Waals surface area contributed by atoms with Crippen LogP contribution < -0.4 is 9.46 Å². The summed E-state index contributed by atoms with van der Waals surface area (Å²) in [6, 6.07) is 14.0. The largest absolute Gasteiger partial charge is 0.497 e.